The van der Waals surface area contributed by atoms with Crippen LogP contribution in [-0.4, -0.2) is 37.6 Å². The van der Waals surface area contributed by atoms with Crippen LogP contribution in [0.25, 0.3) is 0 Å². The second-order valence-electron chi connectivity index (χ2n) is 5.15. The quantitative estimate of drug-likeness (QED) is 0.918. The lowest BCUT2D eigenvalue weighted by atomic mass is 9.94. The van der Waals surface area contributed by atoms with Crippen molar-refractivity contribution in [3.8, 4) is 5.75 Å². The Balaban J connectivity index is 2.18. The highest BCUT2D eigenvalue weighted by Crippen LogP contribution is 2.26. The van der Waals surface area contributed by atoms with E-state index in [-0.39, 0.29) is 17.2 Å². The van der Waals surface area contributed by atoms with E-state index in [1.165, 1.54) is 13.2 Å². The van der Waals surface area contributed by atoms with E-state index in [4.69, 9.17) is 10.5 Å². The van der Waals surface area contributed by atoms with Crippen LogP contribution in [0.4, 0.5) is 4.39 Å². The van der Waals surface area contributed by atoms with E-state index in [0.29, 0.717) is 25.6 Å². The van der Waals surface area contributed by atoms with Gasteiger partial charge in [0.15, 0.2) is 0 Å². The summed E-state index contributed by atoms with van der Waals surface area (Å²) in [5.41, 5.74) is 5.61. The molecular weight excluding hydrogens is 259 g/mol. The molecule has 0 aliphatic carbocycles. The first kappa shape index (κ1) is 14.8. The number of rotatable bonds is 4. The van der Waals surface area contributed by atoms with E-state index in [2.05, 4.69) is 0 Å². The molecule has 0 spiro atoms. The molecular formula is C15H21FN2O2. The van der Waals surface area contributed by atoms with Crippen LogP contribution in [0.1, 0.15) is 29.6 Å². The molecule has 2 N–H and O–H groups in total. The van der Waals surface area contributed by atoms with Gasteiger partial charge in [0.05, 0.1) is 7.11 Å². The fourth-order valence-corrected chi connectivity index (χ4v) is 2.76. The van der Waals surface area contributed by atoms with Gasteiger partial charge >= 0.3 is 0 Å². The van der Waals surface area contributed by atoms with Gasteiger partial charge in [0.1, 0.15) is 17.1 Å². The lowest BCUT2D eigenvalue weighted by molar-refractivity contribution is 0.0661. The summed E-state index contributed by atoms with van der Waals surface area (Å²) in [4.78, 5) is 14.2. The summed E-state index contributed by atoms with van der Waals surface area (Å²) < 4.78 is 19.0. The Bertz CT molecular complexity index is 477. The van der Waals surface area contributed by atoms with Gasteiger partial charge in [-0.2, -0.15) is 0 Å². The van der Waals surface area contributed by atoms with Crippen molar-refractivity contribution in [3.63, 3.8) is 0 Å². The first-order valence-corrected chi connectivity index (χ1v) is 6.99. The molecule has 0 saturated carbocycles. The Morgan fingerprint density at radius 2 is 2.35 bits per heavy atom. The van der Waals surface area contributed by atoms with Crippen molar-refractivity contribution >= 4 is 5.91 Å². The number of nitrogens with two attached hydrogens (primary N) is 1. The van der Waals surface area contributed by atoms with Gasteiger partial charge in [-0.25, -0.2) is 4.39 Å². The van der Waals surface area contributed by atoms with E-state index < -0.39 is 5.82 Å². The zero-order chi connectivity index (χ0) is 14.5. The highest BCUT2D eigenvalue weighted by Gasteiger charge is 2.27. The molecule has 20 heavy (non-hydrogen) atoms. The highest BCUT2D eigenvalue weighted by molar-refractivity contribution is 5.97. The number of methoxy groups -OCH3 is 1. The summed E-state index contributed by atoms with van der Waals surface area (Å²) in [7, 11) is 1.44. The van der Waals surface area contributed by atoms with Gasteiger partial charge in [-0.3, -0.25) is 4.79 Å². The maximum absolute atomic E-state index is 13.9. The number of carbonyl (C=O) groups is 1. The Labute approximate surface area is 118 Å². The molecule has 1 unspecified atom stereocenters. The highest BCUT2D eigenvalue weighted by atomic mass is 19.1. The summed E-state index contributed by atoms with van der Waals surface area (Å²) in [6.07, 6.45) is 2.92. The molecule has 1 aromatic rings. The van der Waals surface area contributed by atoms with Gasteiger partial charge in [0, 0.05) is 13.1 Å². The molecule has 1 aliphatic rings. The number of piperidine rings is 1. The third-order valence-corrected chi connectivity index (χ3v) is 3.79. The molecule has 0 bridgehead atoms. The van der Waals surface area contributed by atoms with Gasteiger partial charge < -0.3 is 15.4 Å². The van der Waals surface area contributed by atoms with Gasteiger partial charge in [-0.15, -0.1) is 0 Å². The number of ether oxygens (including phenoxy) is 1. The summed E-state index contributed by atoms with van der Waals surface area (Å²) in [5.74, 6) is -0.122. The largest absolute Gasteiger partial charge is 0.496 e. The van der Waals surface area contributed by atoms with Crippen molar-refractivity contribution in [3.05, 3.63) is 29.6 Å². The van der Waals surface area contributed by atoms with Gasteiger partial charge in [0.2, 0.25) is 0 Å². The van der Waals surface area contributed by atoms with Crippen molar-refractivity contribution in [2.45, 2.75) is 19.3 Å². The molecule has 5 heteroatoms. The molecule has 1 heterocycles. The number of carbonyl (C=O) groups excluding carboxylic acids is 1. The second kappa shape index (κ2) is 6.70. The number of nitrogens with zero attached hydrogens (tertiary/aromatic N) is 1. The predicted octanol–water partition coefficient (Wildman–Crippen LogP) is 2.04. The Hall–Kier alpha value is -1.62. The fourth-order valence-electron chi connectivity index (χ4n) is 2.76. The van der Waals surface area contributed by atoms with Crippen molar-refractivity contribution in [1.82, 2.24) is 4.90 Å². The van der Waals surface area contributed by atoms with Crippen molar-refractivity contribution in [1.29, 1.82) is 0 Å². The number of hydrogen-bond acceptors (Lipinski definition) is 3. The molecule has 0 radical (unpaired) electrons. The monoisotopic (exact) mass is 280 g/mol. The summed E-state index contributed by atoms with van der Waals surface area (Å²) in [6, 6.07) is 4.44. The average Bonchev–Trinajstić information content (AvgIpc) is 2.47. The number of halogens is 1. The standard InChI is InChI=1S/C15H21FN2O2/c1-20-13-6-2-5-12(16)14(13)15(19)18-9-3-4-11(10-18)7-8-17/h2,5-6,11H,3-4,7-10,17H2,1H3. The van der Waals surface area contributed by atoms with Crippen LogP contribution in [0, 0.1) is 11.7 Å². The first-order valence-electron chi connectivity index (χ1n) is 6.99. The van der Waals surface area contributed by atoms with E-state index in [1.54, 1.807) is 17.0 Å². The normalized spacial score (nSPS) is 18.9. The van der Waals surface area contributed by atoms with Crippen LogP contribution < -0.4 is 10.5 Å². The molecule has 4 nitrogen and oxygen atoms in total. The molecule has 1 fully saturated rings. The summed E-state index contributed by atoms with van der Waals surface area (Å²) >= 11 is 0. The maximum atomic E-state index is 13.9. The van der Waals surface area contributed by atoms with Crippen LogP contribution >= 0.6 is 0 Å². The van der Waals surface area contributed by atoms with Crippen LogP contribution in [-0.2, 0) is 0 Å². The molecule has 1 aliphatic heterocycles. The van der Waals surface area contributed by atoms with Crippen molar-refractivity contribution < 1.29 is 13.9 Å². The van der Waals surface area contributed by atoms with Crippen LogP contribution in [0.2, 0.25) is 0 Å². The van der Waals surface area contributed by atoms with E-state index in [9.17, 15) is 9.18 Å². The van der Waals surface area contributed by atoms with E-state index in [0.717, 1.165) is 19.3 Å². The summed E-state index contributed by atoms with van der Waals surface area (Å²) in [6.45, 7) is 1.93. The smallest absolute Gasteiger partial charge is 0.260 e. The van der Waals surface area contributed by atoms with E-state index in [1.807, 2.05) is 0 Å². The third kappa shape index (κ3) is 3.10. The first-order chi connectivity index (χ1) is 9.67. The minimum atomic E-state index is -0.532. The minimum absolute atomic E-state index is 0.0309. The second-order valence-corrected chi connectivity index (χ2v) is 5.15. The number of likely N-dealkylation sites (tertiary alicyclic amines) is 1. The van der Waals surface area contributed by atoms with Gasteiger partial charge in [0.25, 0.3) is 5.91 Å². The summed E-state index contributed by atoms with van der Waals surface area (Å²) in [5, 5.41) is 0. The van der Waals surface area contributed by atoms with Crippen LogP contribution in [0.5, 0.6) is 5.75 Å². The van der Waals surface area contributed by atoms with Crippen LogP contribution in [0.15, 0.2) is 18.2 Å². The SMILES string of the molecule is COc1cccc(F)c1C(=O)N1CCCC(CCN)C1. The van der Waals surface area contributed by atoms with Crippen molar-refractivity contribution in [2.24, 2.45) is 11.7 Å². The topological polar surface area (TPSA) is 55.6 Å². The van der Waals surface area contributed by atoms with Gasteiger partial charge in [-0.1, -0.05) is 6.07 Å². The number of hydrogen-bond donors (Lipinski definition) is 1. The van der Waals surface area contributed by atoms with Crippen molar-refractivity contribution in [2.75, 3.05) is 26.7 Å². The zero-order valence-electron chi connectivity index (χ0n) is 11.8. The molecule has 0 aromatic heterocycles. The lowest BCUT2D eigenvalue weighted by Gasteiger charge is -2.33. The van der Waals surface area contributed by atoms with Crippen LogP contribution in [0.3, 0.4) is 0 Å². The number of benzene rings is 1. The Kier molecular flexibility index (Phi) is 4.95. The molecule has 1 aromatic carbocycles. The van der Waals surface area contributed by atoms with Gasteiger partial charge in [-0.05, 0) is 43.9 Å². The maximum Gasteiger partial charge on any atom is 0.260 e. The minimum Gasteiger partial charge on any atom is -0.496 e. The molecule has 2 rings (SSSR count). The predicted molar refractivity (Wildman–Crippen MR) is 75.3 cm³/mol. The third-order valence-electron chi connectivity index (χ3n) is 3.79. The number of amides is 1. The fraction of sp³-hybridized carbons (Fsp3) is 0.533. The average molecular weight is 280 g/mol. The Morgan fingerprint density at radius 3 is 3.05 bits per heavy atom. The molecule has 1 atom stereocenters. The molecule has 110 valence electrons. The molecule has 1 amide bonds. The zero-order valence-corrected chi connectivity index (χ0v) is 11.8. The van der Waals surface area contributed by atoms with E-state index >= 15 is 0 Å². The lowest BCUT2D eigenvalue weighted by Crippen LogP contribution is -2.40. The molecule has 1 saturated heterocycles. The Morgan fingerprint density at radius 1 is 1.55 bits per heavy atom.